The minimum absolute atomic E-state index is 0.0674. The molecule has 2 aliphatic rings. The van der Waals surface area contributed by atoms with Crippen LogP contribution >= 0.6 is 0 Å². The van der Waals surface area contributed by atoms with E-state index in [1.165, 1.54) is 6.42 Å². The van der Waals surface area contributed by atoms with Crippen LogP contribution in [0.25, 0.3) is 0 Å². The average Bonchev–Trinajstić information content (AvgIpc) is 2.74. The number of amides is 1. The highest BCUT2D eigenvalue weighted by Crippen LogP contribution is 2.51. The second-order valence-corrected chi connectivity index (χ2v) is 6.44. The molecule has 1 saturated carbocycles. The van der Waals surface area contributed by atoms with E-state index in [0.717, 1.165) is 13.2 Å². The zero-order chi connectivity index (χ0) is 13.3. The number of fused-ring (bicyclic) bond motifs is 1. The van der Waals surface area contributed by atoms with Gasteiger partial charge in [-0.25, -0.2) is 0 Å². The summed E-state index contributed by atoms with van der Waals surface area (Å²) in [6.45, 7) is 10.8. The molecular weight excluding hydrogens is 228 g/mol. The SMILES string of the molecule is CC(C)C(=O)NCCNC1C2CCOC2C1(C)C. The fourth-order valence-electron chi connectivity index (χ4n) is 3.36. The number of hydrogen-bond acceptors (Lipinski definition) is 3. The van der Waals surface area contributed by atoms with Crippen molar-refractivity contribution in [2.24, 2.45) is 17.3 Å². The second kappa shape index (κ2) is 5.17. The fourth-order valence-corrected chi connectivity index (χ4v) is 3.36. The molecule has 1 saturated heterocycles. The molecule has 1 aliphatic carbocycles. The summed E-state index contributed by atoms with van der Waals surface area (Å²) < 4.78 is 5.76. The van der Waals surface area contributed by atoms with Crippen molar-refractivity contribution in [1.82, 2.24) is 10.6 Å². The Hall–Kier alpha value is -0.610. The molecule has 0 spiro atoms. The molecule has 2 rings (SSSR count). The third-order valence-corrected chi connectivity index (χ3v) is 4.41. The van der Waals surface area contributed by atoms with Gasteiger partial charge in [0.2, 0.25) is 5.91 Å². The average molecular weight is 254 g/mol. The van der Waals surface area contributed by atoms with Crippen LogP contribution < -0.4 is 10.6 Å². The molecular formula is C14H26N2O2. The molecule has 3 unspecified atom stereocenters. The van der Waals surface area contributed by atoms with E-state index in [4.69, 9.17) is 4.74 Å². The van der Waals surface area contributed by atoms with Crippen LogP contribution in [0.3, 0.4) is 0 Å². The number of rotatable bonds is 5. The van der Waals surface area contributed by atoms with Crippen LogP contribution in [-0.4, -0.2) is 37.7 Å². The van der Waals surface area contributed by atoms with Gasteiger partial charge < -0.3 is 15.4 Å². The molecule has 0 aromatic carbocycles. The third-order valence-electron chi connectivity index (χ3n) is 4.41. The number of nitrogens with one attached hydrogen (secondary N) is 2. The van der Waals surface area contributed by atoms with E-state index in [9.17, 15) is 4.79 Å². The Morgan fingerprint density at radius 2 is 2.11 bits per heavy atom. The van der Waals surface area contributed by atoms with E-state index < -0.39 is 0 Å². The highest BCUT2D eigenvalue weighted by Gasteiger charge is 2.58. The van der Waals surface area contributed by atoms with Gasteiger partial charge in [-0.1, -0.05) is 27.7 Å². The van der Waals surface area contributed by atoms with Gasteiger partial charge in [-0.3, -0.25) is 4.79 Å². The fraction of sp³-hybridized carbons (Fsp3) is 0.929. The molecule has 2 N–H and O–H groups in total. The lowest BCUT2D eigenvalue weighted by Gasteiger charge is -2.55. The predicted molar refractivity (Wildman–Crippen MR) is 71.3 cm³/mol. The molecule has 1 heterocycles. The largest absolute Gasteiger partial charge is 0.377 e. The van der Waals surface area contributed by atoms with Crippen LogP contribution in [0.15, 0.2) is 0 Å². The van der Waals surface area contributed by atoms with Gasteiger partial charge in [0.25, 0.3) is 0 Å². The summed E-state index contributed by atoms with van der Waals surface area (Å²) in [6, 6.07) is 0.529. The summed E-state index contributed by atoms with van der Waals surface area (Å²) in [6.07, 6.45) is 1.60. The molecule has 4 heteroatoms. The molecule has 104 valence electrons. The van der Waals surface area contributed by atoms with Crippen LogP contribution in [0.1, 0.15) is 34.1 Å². The number of carbonyl (C=O) groups excluding carboxylic acids is 1. The van der Waals surface area contributed by atoms with E-state index in [0.29, 0.717) is 24.6 Å². The molecule has 1 aliphatic heterocycles. The first kappa shape index (κ1) is 13.8. The Morgan fingerprint density at radius 3 is 2.78 bits per heavy atom. The van der Waals surface area contributed by atoms with Crippen LogP contribution in [0.2, 0.25) is 0 Å². The highest BCUT2D eigenvalue weighted by molar-refractivity contribution is 5.77. The van der Waals surface area contributed by atoms with Crippen molar-refractivity contribution >= 4 is 5.91 Å². The van der Waals surface area contributed by atoms with Crippen molar-refractivity contribution in [2.75, 3.05) is 19.7 Å². The van der Waals surface area contributed by atoms with Gasteiger partial charge in [0.15, 0.2) is 0 Å². The Balaban J connectivity index is 1.70. The summed E-state index contributed by atoms with van der Waals surface area (Å²) in [4.78, 5) is 11.4. The number of ether oxygens (including phenoxy) is 1. The summed E-state index contributed by atoms with van der Waals surface area (Å²) in [5.41, 5.74) is 0.225. The minimum Gasteiger partial charge on any atom is -0.377 e. The van der Waals surface area contributed by atoms with Crippen molar-refractivity contribution in [3.8, 4) is 0 Å². The zero-order valence-electron chi connectivity index (χ0n) is 12.0. The Kier molecular flexibility index (Phi) is 3.97. The highest BCUT2D eigenvalue weighted by atomic mass is 16.5. The summed E-state index contributed by atoms with van der Waals surface area (Å²) in [7, 11) is 0. The van der Waals surface area contributed by atoms with Gasteiger partial charge >= 0.3 is 0 Å². The van der Waals surface area contributed by atoms with Crippen molar-refractivity contribution < 1.29 is 9.53 Å². The lowest BCUT2D eigenvalue weighted by Crippen LogP contribution is -2.66. The van der Waals surface area contributed by atoms with E-state index in [1.54, 1.807) is 0 Å². The van der Waals surface area contributed by atoms with Gasteiger partial charge in [0, 0.05) is 43.0 Å². The van der Waals surface area contributed by atoms with E-state index >= 15 is 0 Å². The van der Waals surface area contributed by atoms with Gasteiger partial charge in [0.05, 0.1) is 6.10 Å². The Morgan fingerprint density at radius 1 is 1.39 bits per heavy atom. The normalized spacial score (nSPS) is 33.1. The van der Waals surface area contributed by atoms with E-state index in [2.05, 4.69) is 24.5 Å². The Labute approximate surface area is 110 Å². The summed E-state index contributed by atoms with van der Waals surface area (Å²) in [5, 5.41) is 6.52. The van der Waals surface area contributed by atoms with Gasteiger partial charge in [0.1, 0.15) is 0 Å². The first-order valence-electron chi connectivity index (χ1n) is 7.07. The lowest BCUT2D eigenvalue weighted by atomic mass is 9.57. The predicted octanol–water partition coefficient (Wildman–Crippen LogP) is 1.16. The molecule has 1 amide bonds. The molecule has 4 nitrogen and oxygen atoms in total. The van der Waals surface area contributed by atoms with Crippen LogP contribution in [0.4, 0.5) is 0 Å². The quantitative estimate of drug-likeness (QED) is 0.724. The smallest absolute Gasteiger partial charge is 0.222 e. The van der Waals surface area contributed by atoms with Gasteiger partial charge in [-0.2, -0.15) is 0 Å². The number of hydrogen-bond donors (Lipinski definition) is 2. The van der Waals surface area contributed by atoms with E-state index in [-0.39, 0.29) is 17.2 Å². The van der Waals surface area contributed by atoms with Gasteiger partial charge in [-0.15, -0.1) is 0 Å². The molecule has 0 aromatic rings. The van der Waals surface area contributed by atoms with Crippen molar-refractivity contribution in [2.45, 2.75) is 46.3 Å². The first-order valence-corrected chi connectivity index (χ1v) is 7.07. The molecule has 18 heavy (non-hydrogen) atoms. The van der Waals surface area contributed by atoms with E-state index in [1.807, 2.05) is 13.8 Å². The maximum Gasteiger partial charge on any atom is 0.222 e. The Bertz CT molecular complexity index is 315. The van der Waals surface area contributed by atoms with Gasteiger partial charge in [-0.05, 0) is 6.42 Å². The molecule has 3 atom stereocenters. The molecule has 0 radical (unpaired) electrons. The second-order valence-electron chi connectivity index (χ2n) is 6.44. The van der Waals surface area contributed by atoms with Crippen molar-refractivity contribution in [1.29, 1.82) is 0 Å². The topological polar surface area (TPSA) is 50.4 Å². The molecule has 2 fully saturated rings. The van der Waals surface area contributed by atoms with Crippen LogP contribution in [0.5, 0.6) is 0 Å². The maximum absolute atomic E-state index is 11.4. The summed E-state index contributed by atoms with van der Waals surface area (Å²) in [5.74, 6) is 0.866. The van der Waals surface area contributed by atoms with Crippen LogP contribution in [-0.2, 0) is 9.53 Å². The van der Waals surface area contributed by atoms with Crippen LogP contribution in [0, 0.1) is 17.3 Å². The number of carbonyl (C=O) groups is 1. The summed E-state index contributed by atoms with van der Waals surface area (Å²) >= 11 is 0. The third kappa shape index (κ3) is 2.41. The maximum atomic E-state index is 11.4. The zero-order valence-corrected chi connectivity index (χ0v) is 12.0. The standard InChI is InChI=1S/C14H26N2O2/c1-9(2)13(17)16-7-6-15-11-10-5-8-18-12(10)14(11,3)4/h9-12,15H,5-8H2,1-4H3,(H,16,17). The van der Waals surface area contributed by atoms with Crippen molar-refractivity contribution in [3.05, 3.63) is 0 Å². The lowest BCUT2D eigenvalue weighted by molar-refractivity contribution is -0.124. The molecule has 0 aromatic heterocycles. The van der Waals surface area contributed by atoms with Crippen molar-refractivity contribution in [3.63, 3.8) is 0 Å². The molecule has 0 bridgehead atoms. The minimum atomic E-state index is 0.0674. The first-order chi connectivity index (χ1) is 8.44. The monoisotopic (exact) mass is 254 g/mol.